The van der Waals surface area contributed by atoms with Crippen LogP contribution in [0.5, 0.6) is 5.75 Å². The molecular weight excluding hydrogens is 216 g/mol. The van der Waals surface area contributed by atoms with Crippen LogP contribution in [0.2, 0.25) is 0 Å². The third-order valence-electron chi connectivity index (χ3n) is 2.66. The second-order valence-corrected chi connectivity index (χ2v) is 3.84. The SMILES string of the molecule is COc1cccc(CC(=O)c2ccoc2C)c1. The molecule has 0 atom stereocenters. The van der Waals surface area contributed by atoms with Gasteiger partial charge >= 0.3 is 0 Å². The van der Waals surface area contributed by atoms with Crippen LogP contribution in [0, 0.1) is 6.92 Å². The van der Waals surface area contributed by atoms with E-state index in [2.05, 4.69) is 0 Å². The van der Waals surface area contributed by atoms with E-state index in [0.29, 0.717) is 17.7 Å². The number of hydrogen-bond acceptors (Lipinski definition) is 3. The number of ketones is 1. The maximum Gasteiger partial charge on any atom is 0.170 e. The monoisotopic (exact) mass is 230 g/mol. The van der Waals surface area contributed by atoms with Gasteiger partial charge in [-0.1, -0.05) is 12.1 Å². The van der Waals surface area contributed by atoms with Crippen LogP contribution in [-0.2, 0) is 6.42 Å². The second-order valence-electron chi connectivity index (χ2n) is 3.84. The first-order chi connectivity index (χ1) is 8.20. The van der Waals surface area contributed by atoms with Crippen molar-refractivity contribution in [3.05, 3.63) is 53.5 Å². The van der Waals surface area contributed by atoms with E-state index in [4.69, 9.17) is 9.15 Å². The minimum atomic E-state index is 0.0597. The molecule has 0 aliphatic carbocycles. The zero-order valence-electron chi connectivity index (χ0n) is 9.90. The van der Waals surface area contributed by atoms with E-state index >= 15 is 0 Å². The quantitative estimate of drug-likeness (QED) is 0.758. The summed E-state index contributed by atoms with van der Waals surface area (Å²) in [5, 5.41) is 0. The molecule has 1 aromatic carbocycles. The number of aryl methyl sites for hydroxylation is 1. The van der Waals surface area contributed by atoms with Gasteiger partial charge in [0.05, 0.1) is 18.9 Å². The molecule has 88 valence electrons. The van der Waals surface area contributed by atoms with Gasteiger partial charge in [0.25, 0.3) is 0 Å². The Balaban J connectivity index is 2.16. The lowest BCUT2D eigenvalue weighted by molar-refractivity contribution is 0.0991. The summed E-state index contributed by atoms with van der Waals surface area (Å²) in [6.45, 7) is 1.79. The maximum atomic E-state index is 12.0. The van der Waals surface area contributed by atoms with Crippen molar-refractivity contribution in [1.82, 2.24) is 0 Å². The minimum absolute atomic E-state index is 0.0597. The van der Waals surface area contributed by atoms with Crippen molar-refractivity contribution >= 4 is 5.78 Å². The first kappa shape index (κ1) is 11.5. The number of hydrogen-bond donors (Lipinski definition) is 0. The van der Waals surface area contributed by atoms with E-state index in [-0.39, 0.29) is 5.78 Å². The Morgan fingerprint density at radius 3 is 2.82 bits per heavy atom. The van der Waals surface area contributed by atoms with Crippen LogP contribution < -0.4 is 4.74 Å². The van der Waals surface area contributed by atoms with Gasteiger partial charge in [-0.3, -0.25) is 4.79 Å². The lowest BCUT2D eigenvalue weighted by Gasteiger charge is -2.03. The van der Waals surface area contributed by atoms with E-state index in [9.17, 15) is 4.79 Å². The predicted octanol–water partition coefficient (Wildman–Crippen LogP) is 3.02. The molecule has 3 heteroatoms. The smallest absolute Gasteiger partial charge is 0.170 e. The van der Waals surface area contributed by atoms with Crippen molar-refractivity contribution in [1.29, 1.82) is 0 Å². The lowest BCUT2D eigenvalue weighted by atomic mass is 10.0. The van der Waals surface area contributed by atoms with Crippen LogP contribution >= 0.6 is 0 Å². The fourth-order valence-corrected chi connectivity index (χ4v) is 1.74. The topological polar surface area (TPSA) is 39.4 Å². The van der Waals surface area contributed by atoms with Crippen molar-refractivity contribution in [2.24, 2.45) is 0 Å². The summed E-state index contributed by atoms with van der Waals surface area (Å²) in [4.78, 5) is 12.0. The molecular formula is C14H14O3. The molecule has 0 fully saturated rings. The van der Waals surface area contributed by atoms with Gasteiger partial charge in [-0.25, -0.2) is 0 Å². The molecule has 0 saturated heterocycles. The summed E-state index contributed by atoms with van der Waals surface area (Å²) < 4.78 is 10.2. The number of carbonyl (C=O) groups excluding carboxylic acids is 1. The lowest BCUT2D eigenvalue weighted by Crippen LogP contribution is -2.03. The van der Waals surface area contributed by atoms with Crippen molar-refractivity contribution in [3.63, 3.8) is 0 Å². The number of ether oxygens (including phenoxy) is 1. The maximum absolute atomic E-state index is 12.0. The van der Waals surface area contributed by atoms with Gasteiger partial charge in [0.15, 0.2) is 5.78 Å². The normalized spacial score (nSPS) is 10.2. The number of carbonyl (C=O) groups is 1. The number of rotatable bonds is 4. The molecule has 2 rings (SSSR count). The van der Waals surface area contributed by atoms with E-state index < -0.39 is 0 Å². The summed E-state index contributed by atoms with van der Waals surface area (Å²) in [5.41, 5.74) is 1.59. The highest BCUT2D eigenvalue weighted by atomic mass is 16.5. The molecule has 0 amide bonds. The largest absolute Gasteiger partial charge is 0.497 e. The molecule has 0 bridgehead atoms. The second kappa shape index (κ2) is 4.87. The van der Waals surface area contributed by atoms with Gasteiger partial charge < -0.3 is 9.15 Å². The standard InChI is InChI=1S/C14H14O3/c1-10-13(6-7-17-10)14(15)9-11-4-3-5-12(8-11)16-2/h3-8H,9H2,1-2H3. The number of furan rings is 1. The first-order valence-electron chi connectivity index (χ1n) is 5.41. The van der Waals surface area contributed by atoms with Crippen molar-refractivity contribution < 1.29 is 13.9 Å². The number of benzene rings is 1. The summed E-state index contributed by atoms with van der Waals surface area (Å²) in [6, 6.07) is 9.22. The Morgan fingerprint density at radius 2 is 2.18 bits per heavy atom. The first-order valence-corrected chi connectivity index (χ1v) is 5.41. The van der Waals surface area contributed by atoms with Crippen molar-refractivity contribution in [2.75, 3.05) is 7.11 Å². The highest BCUT2D eigenvalue weighted by Crippen LogP contribution is 2.16. The highest BCUT2D eigenvalue weighted by molar-refractivity contribution is 5.98. The van der Waals surface area contributed by atoms with Crippen LogP contribution in [0.15, 0.2) is 41.0 Å². The third kappa shape index (κ3) is 2.56. The molecule has 0 radical (unpaired) electrons. The Bertz CT molecular complexity index is 526. The van der Waals surface area contributed by atoms with E-state index in [1.165, 1.54) is 6.26 Å². The Kier molecular flexibility index (Phi) is 3.28. The number of methoxy groups -OCH3 is 1. The van der Waals surface area contributed by atoms with Gasteiger partial charge in [0, 0.05) is 6.42 Å². The Morgan fingerprint density at radius 1 is 1.35 bits per heavy atom. The van der Waals surface area contributed by atoms with Crippen LogP contribution in [0.25, 0.3) is 0 Å². The molecule has 17 heavy (non-hydrogen) atoms. The fourth-order valence-electron chi connectivity index (χ4n) is 1.74. The molecule has 2 aromatic rings. The number of Topliss-reactive ketones (excluding diaryl/α,β-unsaturated/α-hetero) is 1. The minimum Gasteiger partial charge on any atom is -0.497 e. The van der Waals surface area contributed by atoms with Gasteiger partial charge in [-0.05, 0) is 30.7 Å². The van der Waals surface area contributed by atoms with Crippen LogP contribution in [0.3, 0.4) is 0 Å². The van der Waals surface area contributed by atoms with Crippen molar-refractivity contribution in [3.8, 4) is 5.75 Å². The average Bonchev–Trinajstić information content (AvgIpc) is 2.76. The zero-order chi connectivity index (χ0) is 12.3. The summed E-state index contributed by atoms with van der Waals surface area (Å²) in [7, 11) is 1.61. The fraction of sp³-hybridized carbons (Fsp3) is 0.214. The van der Waals surface area contributed by atoms with Crippen LogP contribution in [0.1, 0.15) is 21.7 Å². The molecule has 0 spiro atoms. The van der Waals surface area contributed by atoms with E-state index in [1.807, 2.05) is 24.3 Å². The predicted molar refractivity (Wildman–Crippen MR) is 64.5 cm³/mol. The van der Waals surface area contributed by atoms with Crippen molar-refractivity contribution in [2.45, 2.75) is 13.3 Å². The molecule has 0 aliphatic rings. The van der Waals surface area contributed by atoms with E-state index in [0.717, 1.165) is 11.3 Å². The Hall–Kier alpha value is -2.03. The van der Waals surface area contributed by atoms with Gasteiger partial charge in [-0.15, -0.1) is 0 Å². The average molecular weight is 230 g/mol. The van der Waals surface area contributed by atoms with E-state index in [1.54, 1.807) is 20.1 Å². The summed E-state index contributed by atoms with van der Waals surface area (Å²) in [5.74, 6) is 1.49. The molecule has 1 aromatic heterocycles. The molecule has 1 heterocycles. The molecule has 3 nitrogen and oxygen atoms in total. The molecule has 0 N–H and O–H groups in total. The third-order valence-corrected chi connectivity index (χ3v) is 2.66. The van der Waals surface area contributed by atoms with Gasteiger partial charge in [0.1, 0.15) is 11.5 Å². The van der Waals surface area contributed by atoms with Crippen LogP contribution in [0.4, 0.5) is 0 Å². The van der Waals surface area contributed by atoms with Gasteiger partial charge in [-0.2, -0.15) is 0 Å². The molecule has 0 aliphatic heterocycles. The summed E-state index contributed by atoms with van der Waals surface area (Å²) in [6.07, 6.45) is 1.89. The highest BCUT2D eigenvalue weighted by Gasteiger charge is 2.12. The molecule has 0 saturated carbocycles. The summed E-state index contributed by atoms with van der Waals surface area (Å²) >= 11 is 0. The van der Waals surface area contributed by atoms with Crippen LogP contribution in [-0.4, -0.2) is 12.9 Å². The Labute approximate surface area is 100 Å². The zero-order valence-corrected chi connectivity index (χ0v) is 9.90. The molecule has 0 unspecified atom stereocenters. The van der Waals surface area contributed by atoms with Gasteiger partial charge in [0.2, 0.25) is 0 Å².